The number of likely N-dealkylation sites (tertiary alicyclic amines) is 1. The van der Waals surface area contributed by atoms with Crippen LogP contribution in [0, 0.1) is 6.92 Å². The molecule has 0 saturated carbocycles. The lowest BCUT2D eigenvalue weighted by Crippen LogP contribution is -2.46. The van der Waals surface area contributed by atoms with E-state index < -0.39 is 15.1 Å². The number of hydrogen-bond acceptors (Lipinski definition) is 10. The minimum absolute atomic E-state index is 0.0489. The third kappa shape index (κ3) is 6.14. The Morgan fingerprint density at radius 2 is 1.84 bits per heavy atom. The summed E-state index contributed by atoms with van der Waals surface area (Å²) in [4.78, 5) is 11.7. The van der Waals surface area contributed by atoms with Crippen molar-refractivity contribution in [2.45, 2.75) is 88.1 Å². The number of aromatic nitrogens is 4. The number of aryl methyl sites for hydroxylation is 2. The summed E-state index contributed by atoms with van der Waals surface area (Å²) in [5.41, 5.74) is 5.09. The number of nitrogens with one attached hydrogen (secondary N) is 3. The van der Waals surface area contributed by atoms with Crippen LogP contribution in [0.5, 0.6) is 5.75 Å². The monoisotopic (exact) mass is 642 g/mol. The normalized spacial score (nSPS) is 20.1. The number of sulfone groups is 1. The van der Waals surface area contributed by atoms with E-state index in [1.807, 2.05) is 0 Å². The molecule has 11 nitrogen and oxygen atoms in total. The Balaban J connectivity index is 1.24. The lowest BCUT2D eigenvalue weighted by atomic mass is 9.82. The van der Waals surface area contributed by atoms with E-state index in [9.17, 15) is 8.42 Å². The minimum Gasteiger partial charge on any atom is -0.488 e. The van der Waals surface area contributed by atoms with Crippen molar-refractivity contribution in [3.63, 3.8) is 0 Å². The molecule has 2 fully saturated rings. The molecule has 0 amide bonds. The molecule has 6 rings (SSSR count). The first-order valence-electron chi connectivity index (χ1n) is 15.6. The first kappa shape index (κ1) is 31.1. The molecule has 1 atom stereocenters. The largest absolute Gasteiger partial charge is 0.488 e. The fraction of sp³-hybridized carbons (Fsp3) is 0.581. The molecule has 0 aliphatic carbocycles. The first-order valence-corrected chi connectivity index (χ1v) is 17.6. The average Bonchev–Trinajstić information content (AvgIpc) is 3.57. The van der Waals surface area contributed by atoms with E-state index in [1.54, 1.807) is 27.1 Å². The van der Waals surface area contributed by atoms with Crippen LogP contribution in [0.1, 0.15) is 69.1 Å². The summed E-state index contributed by atoms with van der Waals surface area (Å²) in [6.07, 6.45) is 8.86. The van der Waals surface area contributed by atoms with Gasteiger partial charge in [0.1, 0.15) is 16.9 Å². The standard InChI is InChI=1S/C31H43ClN8O3S/c1-18(2)44(41,42)30-26(17-39(5)38-30)35-29-24(32)16-34-31(37-29)36-25-14-19(3)27(23-15-20(4)43-28(23)25)21-8-12-40(13-9-21)22-6-10-33-11-7-22/h14,16-18,20-22,33H,6-13,15H2,1-5H3,(H2,34,35,36,37). The molecule has 3 aromatic rings. The smallest absolute Gasteiger partial charge is 0.229 e. The number of hydrogen-bond donors (Lipinski definition) is 3. The van der Waals surface area contributed by atoms with Crippen LogP contribution in [0.2, 0.25) is 5.02 Å². The van der Waals surface area contributed by atoms with Crippen LogP contribution in [-0.4, -0.2) is 76.6 Å². The number of halogens is 1. The molecule has 3 aliphatic heterocycles. The third-order valence-corrected chi connectivity index (χ3v) is 11.5. The lowest BCUT2D eigenvalue weighted by Gasteiger charge is -2.40. The predicted molar refractivity (Wildman–Crippen MR) is 174 cm³/mol. The minimum atomic E-state index is -3.64. The first-order chi connectivity index (χ1) is 21.0. The van der Waals surface area contributed by atoms with Gasteiger partial charge in [0.2, 0.25) is 20.8 Å². The molecule has 2 saturated heterocycles. The van der Waals surface area contributed by atoms with E-state index in [2.05, 4.69) is 55.8 Å². The molecule has 3 aliphatic rings. The second kappa shape index (κ2) is 12.5. The van der Waals surface area contributed by atoms with E-state index in [0.29, 0.717) is 23.6 Å². The van der Waals surface area contributed by atoms with E-state index in [-0.39, 0.29) is 22.0 Å². The van der Waals surface area contributed by atoms with Crippen molar-refractivity contribution < 1.29 is 13.2 Å². The lowest BCUT2D eigenvalue weighted by molar-refractivity contribution is 0.126. The van der Waals surface area contributed by atoms with Gasteiger partial charge in [-0.2, -0.15) is 10.1 Å². The highest BCUT2D eigenvalue weighted by atomic mass is 35.5. The highest BCUT2D eigenvalue weighted by Crippen LogP contribution is 2.46. The maximum atomic E-state index is 12.9. The van der Waals surface area contributed by atoms with Crippen LogP contribution < -0.4 is 20.7 Å². The summed E-state index contributed by atoms with van der Waals surface area (Å²) in [5, 5.41) is 13.7. The number of ether oxygens (including phenoxy) is 1. The summed E-state index contributed by atoms with van der Waals surface area (Å²) in [6.45, 7) is 12.1. The van der Waals surface area contributed by atoms with Crippen LogP contribution in [0.4, 0.5) is 23.1 Å². The van der Waals surface area contributed by atoms with E-state index in [4.69, 9.17) is 16.3 Å². The molecule has 0 radical (unpaired) electrons. The van der Waals surface area contributed by atoms with Crippen LogP contribution >= 0.6 is 11.6 Å². The van der Waals surface area contributed by atoms with Gasteiger partial charge in [-0.3, -0.25) is 4.68 Å². The predicted octanol–water partition coefficient (Wildman–Crippen LogP) is 5.10. The van der Waals surface area contributed by atoms with E-state index >= 15 is 0 Å². The maximum absolute atomic E-state index is 12.9. The number of anilines is 4. The molecular weight excluding hydrogens is 600 g/mol. The fourth-order valence-electron chi connectivity index (χ4n) is 6.89. The summed E-state index contributed by atoms with van der Waals surface area (Å²) in [6, 6.07) is 2.85. The molecule has 1 aromatic carbocycles. The van der Waals surface area contributed by atoms with Crippen LogP contribution in [-0.2, 0) is 23.3 Å². The van der Waals surface area contributed by atoms with Gasteiger partial charge >= 0.3 is 0 Å². The zero-order valence-electron chi connectivity index (χ0n) is 26.2. The topological polar surface area (TPSA) is 126 Å². The third-order valence-electron chi connectivity index (χ3n) is 9.13. The molecule has 5 heterocycles. The molecule has 13 heteroatoms. The van der Waals surface area contributed by atoms with Gasteiger partial charge in [-0.05, 0) is 103 Å². The van der Waals surface area contributed by atoms with Gasteiger partial charge in [-0.1, -0.05) is 11.6 Å². The molecule has 3 N–H and O–H groups in total. The van der Waals surface area contributed by atoms with Gasteiger partial charge in [-0.25, -0.2) is 13.4 Å². The highest BCUT2D eigenvalue weighted by molar-refractivity contribution is 7.92. The van der Waals surface area contributed by atoms with Crippen molar-refractivity contribution in [2.24, 2.45) is 7.05 Å². The van der Waals surface area contributed by atoms with Crippen molar-refractivity contribution in [1.82, 2.24) is 30.0 Å². The van der Waals surface area contributed by atoms with Gasteiger partial charge in [-0.15, -0.1) is 0 Å². The van der Waals surface area contributed by atoms with Gasteiger partial charge in [0.25, 0.3) is 0 Å². The zero-order valence-corrected chi connectivity index (χ0v) is 27.7. The quantitative estimate of drug-likeness (QED) is 0.306. The van der Waals surface area contributed by atoms with Crippen LogP contribution in [0.3, 0.4) is 0 Å². The summed E-state index contributed by atoms with van der Waals surface area (Å²) in [7, 11) is -1.96. The average molecular weight is 643 g/mol. The van der Waals surface area contributed by atoms with Crippen LogP contribution in [0.15, 0.2) is 23.5 Å². The molecular formula is C31H43ClN8O3S. The SMILES string of the molecule is Cc1cc(Nc2ncc(Cl)c(Nc3cn(C)nc3S(=O)(=O)C(C)C)n2)c2c(c1C1CCN(C3CCNCC3)CC1)CC(C)O2. The number of benzene rings is 1. The second-order valence-electron chi connectivity index (χ2n) is 12.6. The van der Waals surface area contributed by atoms with Crippen molar-refractivity contribution >= 4 is 44.6 Å². The Morgan fingerprint density at radius 1 is 1.11 bits per heavy atom. The Hall–Kier alpha value is -2.93. The molecule has 44 heavy (non-hydrogen) atoms. The molecule has 238 valence electrons. The summed E-state index contributed by atoms with van der Waals surface area (Å²) < 4.78 is 33.7. The molecule has 0 spiro atoms. The number of piperidine rings is 2. The number of nitrogens with zero attached hydrogens (tertiary/aromatic N) is 5. The Kier molecular flexibility index (Phi) is 8.80. The Labute approximate surface area is 265 Å². The van der Waals surface area contributed by atoms with Gasteiger partial charge in [0, 0.05) is 31.3 Å². The summed E-state index contributed by atoms with van der Waals surface area (Å²) in [5.74, 6) is 1.98. The van der Waals surface area contributed by atoms with Crippen molar-refractivity contribution in [2.75, 3.05) is 36.8 Å². The van der Waals surface area contributed by atoms with Gasteiger partial charge < -0.3 is 25.6 Å². The van der Waals surface area contributed by atoms with Gasteiger partial charge in [0.15, 0.2) is 5.82 Å². The fourth-order valence-corrected chi connectivity index (χ4v) is 8.12. The van der Waals surface area contributed by atoms with E-state index in [0.717, 1.165) is 56.9 Å². The number of rotatable bonds is 8. The number of fused-ring (bicyclic) bond motifs is 1. The zero-order chi connectivity index (χ0) is 31.2. The Bertz CT molecular complexity index is 1630. The van der Waals surface area contributed by atoms with Gasteiger partial charge in [0.05, 0.1) is 22.8 Å². The molecule has 0 bridgehead atoms. The summed E-state index contributed by atoms with van der Waals surface area (Å²) >= 11 is 6.47. The van der Waals surface area contributed by atoms with E-state index in [1.165, 1.54) is 40.4 Å². The maximum Gasteiger partial charge on any atom is 0.229 e. The van der Waals surface area contributed by atoms with Crippen LogP contribution in [0.25, 0.3) is 0 Å². The van der Waals surface area contributed by atoms with Crippen molar-refractivity contribution in [3.05, 3.63) is 40.2 Å². The molecule has 1 unspecified atom stereocenters. The van der Waals surface area contributed by atoms with Crippen molar-refractivity contribution in [1.29, 1.82) is 0 Å². The molecule has 2 aromatic heterocycles. The highest BCUT2D eigenvalue weighted by Gasteiger charge is 2.34. The second-order valence-corrected chi connectivity index (χ2v) is 15.5. The Morgan fingerprint density at radius 3 is 2.55 bits per heavy atom. The van der Waals surface area contributed by atoms with Crippen molar-refractivity contribution in [3.8, 4) is 5.75 Å².